The van der Waals surface area contributed by atoms with Crippen LogP contribution in [-0.2, 0) is 4.79 Å². The number of benzene rings is 2. The summed E-state index contributed by atoms with van der Waals surface area (Å²) < 4.78 is 8.35. The van der Waals surface area contributed by atoms with Crippen LogP contribution in [0.25, 0.3) is 11.0 Å². The standard InChI is InChI=1S/C15H14N4OS/c1-10-5-2-3-6-11(10)16-9-14(20)17-12-7-4-8-13-15(12)19-21-18-13/h2-8,16H,9H2,1H3,(H,17,20). The Morgan fingerprint density at radius 1 is 1.10 bits per heavy atom. The Morgan fingerprint density at radius 2 is 1.90 bits per heavy atom. The fraction of sp³-hybridized carbons (Fsp3) is 0.133. The predicted molar refractivity (Wildman–Crippen MR) is 85.7 cm³/mol. The molecule has 1 aromatic heterocycles. The third kappa shape index (κ3) is 3.00. The average Bonchev–Trinajstić information content (AvgIpc) is 2.96. The van der Waals surface area contributed by atoms with Crippen molar-refractivity contribution in [2.75, 3.05) is 17.2 Å². The predicted octanol–water partition coefficient (Wildman–Crippen LogP) is 3.05. The summed E-state index contributed by atoms with van der Waals surface area (Å²) in [5.74, 6) is -0.112. The highest BCUT2D eigenvalue weighted by Crippen LogP contribution is 2.21. The van der Waals surface area contributed by atoms with Crippen molar-refractivity contribution in [3.63, 3.8) is 0 Å². The molecule has 106 valence electrons. The number of carbonyl (C=O) groups is 1. The molecule has 6 heteroatoms. The van der Waals surface area contributed by atoms with Crippen LogP contribution in [0.15, 0.2) is 42.5 Å². The van der Waals surface area contributed by atoms with Crippen molar-refractivity contribution in [3.05, 3.63) is 48.0 Å². The lowest BCUT2D eigenvalue weighted by atomic mass is 10.2. The second-order valence-electron chi connectivity index (χ2n) is 4.65. The summed E-state index contributed by atoms with van der Waals surface area (Å²) in [5, 5.41) is 5.99. The summed E-state index contributed by atoms with van der Waals surface area (Å²) in [6.07, 6.45) is 0. The first-order valence-corrected chi connectivity index (χ1v) is 7.28. The van der Waals surface area contributed by atoms with E-state index in [9.17, 15) is 4.79 Å². The topological polar surface area (TPSA) is 66.9 Å². The Labute approximate surface area is 126 Å². The van der Waals surface area contributed by atoms with E-state index in [0.29, 0.717) is 5.69 Å². The lowest BCUT2D eigenvalue weighted by Gasteiger charge is -2.10. The molecule has 2 aromatic carbocycles. The van der Waals surface area contributed by atoms with Gasteiger partial charge >= 0.3 is 0 Å². The molecule has 0 bridgehead atoms. The molecular formula is C15H14N4OS. The zero-order valence-electron chi connectivity index (χ0n) is 11.5. The van der Waals surface area contributed by atoms with Crippen LogP contribution in [0, 0.1) is 6.92 Å². The molecule has 0 aliphatic rings. The Morgan fingerprint density at radius 3 is 2.76 bits per heavy atom. The Balaban J connectivity index is 1.67. The van der Waals surface area contributed by atoms with Crippen molar-refractivity contribution in [2.24, 2.45) is 0 Å². The fourth-order valence-corrected chi connectivity index (χ4v) is 2.60. The summed E-state index contributed by atoms with van der Waals surface area (Å²) in [5.41, 5.74) is 4.28. The molecule has 1 amide bonds. The van der Waals surface area contributed by atoms with Crippen molar-refractivity contribution in [2.45, 2.75) is 6.92 Å². The number of hydrogen-bond donors (Lipinski definition) is 2. The van der Waals surface area contributed by atoms with E-state index in [1.807, 2.05) is 49.4 Å². The lowest BCUT2D eigenvalue weighted by molar-refractivity contribution is -0.114. The first-order valence-electron chi connectivity index (χ1n) is 6.54. The van der Waals surface area contributed by atoms with Crippen LogP contribution < -0.4 is 10.6 Å². The monoisotopic (exact) mass is 298 g/mol. The van der Waals surface area contributed by atoms with Crippen LogP contribution in [0.5, 0.6) is 0 Å². The van der Waals surface area contributed by atoms with Crippen molar-refractivity contribution < 1.29 is 4.79 Å². The van der Waals surface area contributed by atoms with Gasteiger partial charge in [-0.15, -0.1) is 0 Å². The molecule has 3 rings (SSSR count). The number of hydrogen-bond acceptors (Lipinski definition) is 5. The van der Waals surface area contributed by atoms with Gasteiger partial charge in [0.1, 0.15) is 11.0 Å². The van der Waals surface area contributed by atoms with Crippen LogP contribution in [-0.4, -0.2) is 21.2 Å². The lowest BCUT2D eigenvalue weighted by Crippen LogP contribution is -2.22. The van der Waals surface area contributed by atoms with Gasteiger partial charge in [-0.1, -0.05) is 24.3 Å². The molecule has 0 saturated carbocycles. The summed E-state index contributed by atoms with van der Waals surface area (Å²) in [4.78, 5) is 12.0. The highest BCUT2D eigenvalue weighted by atomic mass is 32.1. The van der Waals surface area contributed by atoms with Crippen LogP contribution in [0.2, 0.25) is 0 Å². The second kappa shape index (κ2) is 5.88. The maximum atomic E-state index is 12.0. The van der Waals surface area contributed by atoms with E-state index in [0.717, 1.165) is 34.0 Å². The molecule has 3 aromatic rings. The highest BCUT2D eigenvalue weighted by Gasteiger charge is 2.08. The minimum absolute atomic E-state index is 0.112. The SMILES string of the molecule is Cc1ccccc1NCC(=O)Nc1cccc2nsnc12. The molecule has 0 unspecified atom stereocenters. The largest absolute Gasteiger partial charge is 0.376 e. The van der Waals surface area contributed by atoms with E-state index in [1.54, 1.807) is 0 Å². The van der Waals surface area contributed by atoms with Crippen LogP contribution in [0.1, 0.15) is 5.56 Å². The number of anilines is 2. The molecule has 0 aliphatic carbocycles. The van der Waals surface area contributed by atoms with Gasteiger partial charge in [0.05, 0.1) is 24.0 Å². The quantitative estimate of drug-likeness (QED) is 0.777. The van der Waals surface area contributed by atoms with Gasteiger partial charge in [0.15, 0.2) is 0 Å². The van der Waals surface area contributed by atoms with Crippen LogP contribution >= 0.6 is 11.7 Å². The van der Waals surface area contributed by atoms with Crippen LogP contribution in [0.4, 0.5) is 11.4 Å². The van der Waals surface area contributed by atoms with Gasteiger partial charge in [-0.2, -0.15) is 8.75 Å². The van der Waals surface area contributed by atoms with Gasteiger partial charge in [-0.05, 0) is 30.7 Å². The molecule has 0 saturated heterocycles. The van der Waals surface area contributed by atoms with E-state index in [-0.39, 0.29) is 12.5 Å². The summed E-state index contributed by atoms with van der Waals surface area (Å²) in [6.45, 7) is 2.21. The molecule has 0 spiro atoms. The summed E-state index contributed by atoms with van der Waals surface area (Å²) in [6, 6.07) is 13.4. The Hall–Kier alpha value is -2.47. The molecule has 0 aliphatic heterocycles. The number of nitrogens with zero attached hydrogens (tertiary/aromatic N) is 2. The fourth-order valence-electron chi connectivity index (χ4n) is 2.05. The number of rotatable bonds is 4. The van der Waals surface area contributed by atoms with Gasteiger partial charge in [0.2, 0.25) is 5.91 Å². The van der Waals surface area contributed by atoms with Crippen molar-refractivity contribution in [1.29, 1.82) is 0 Å². The molecule has 2 N–H and O–H groups in total. The minimum atomic E-state index is -0.112. The Bertz CT molecular complexity index is 784. The smallest absolute Gasteiger partial charge is 0.243 e. The second-order valence-corrected chi connectivity index (χ2v) is 5.18. The van der Waals surface area contributed by atoms with E-state index in [2.05, 4.69) is 19.4 Å². The molecule has 21 heavy (non-hydrogen) atoms. The van der Waals surface area contributed by atoms with E-state index in [1.165, 1.54) is 0 Å². The van der Waals surface area contributed by atoms with E-state index >= 15 is 0 Å². The van der Waals surface area contributed by atoms with Gasteiger partial charge in [-0.3, -0.25) is 4.79 Å². The molecule has 5 nitrogen and oxygen atoms in total. The maximum Gasteiger partial charge on any atom is 0.243 e. The third-order valence-electron chi connectivity index (χ3n) is 3.14. The van der Waals surface area contributed by atoms with E-state index < -0.39 is 0 Å². The third-order valence-corrected chi connectivity index (χ3v) is 3.69. The number of nitrogens with one attached hydrogen (secondary N) is 2. The zero-order chi connectivity index (χ0) is 14.7. The first kappa shape index (κ1) is 13.5. The van der Waals surface area contributed by atoms with Crippen molar-refractivity contribution in [1.82, 2.24) is 8.75 Å². The number of aryl methyl sites for hydroxylation is 1. The average molecular weight is 298 g/mol. The van der Waals surface area contributed by atoms with Crippen LogP contribution in [0.3, 0.4) is 0 Å². The molecular weight excluding hydrogens is 284 g/mol. The maximum absolute atomic E-state index is 12.0. The summed E-state index contributed by atoms with van der Waals surface area (Å²) >= 11 is 1.14. The van der Waals surface area contributed by atoms with Crippen molar-refractivity contribution >= 4 is 40.0 Å². The molecule has 0 radical (unpaired) electrons. The van der Waals surface area contributed by atoms with Gasteiger partial charge < -0.3 is 10.6 Å². The highest BCUT2D eigenvalue weighted by molar-refractivity contribution is 7.00. The molecule has 0 atom stereocenters. The number of carbonyl (C=O) groups excluding carboxylic acids is 1. The Kier molecular flexibility index (Phi) is 3.79. The number of para-hydroxylation sites is 1. The van der Waals surface area contributed by atoms with E-state index in [4.69, 9.17) is 0 Å². The van der Waals surface area contributed by atoms with Gasteiger partial charge in [0.25, 0.3) is 0 Å². The number of aromatic nitrogens is 2. The van der Waals surface area contributed by atoms with Gasteiger partial charge in [-0.25, -0.2) is 0 Å². The number of fused-ring (bicyclic) bond motifs is 1. The van der Waals surface area contributed by atoms with Crippen molar-refractivity contribution in [3.8, 4) is 0 Å². The molecule has 0 fully saturated rings. The molecule has 1 heterocycles. The first-order chi connectivity index (χ1) is 10.2. The minimum Gasteiger partial charge on any atom is -0.376 e. The zero-order valence-corrected chi connectivity index (χ0v) is 12.3. The number of amides is 1. The van der Waals surface area contributed by atoms with Gasteiger partial charge in [0, 0.05) is 5.69 Å². The normalized spacial score (nSPS) is 10.5. The summed E-state index contributed by atoms with van der Waals surface area (Å²) in [7, 11) is 0.